The molecule has 2 rings (SSSR count). The lowest BCUT2D eigenvalue weighted by molar-refractivity contribution is 0.0696. The number of halogens is 3. The molecule has 0 atom stereocenters. The average Bonchev–Trinajstić information content (AvgIpc) is 2.58. The summed E-state index contributed by atoms with van der Waals surface area (Å²) in [6.07, 6.45) is 0. The van der Waals surface area contributed by atoms with E-state index in [0.29, 0.717) is 10.5 Å². The molecule has 0 unspecified atom stereocenters. The summed E-state index contributed by atoms with van der Waals surface area (Å²) >= 11 is 3.09. The van der Waals surface area contributed by atoms with Crippen LogP contribution in [0.3, 0.4) is 0 Å². The second-order valence-corrected chi connectivity index (χ2v) is 5.68. The molecule has 8 nitrogen and oxygen atoms in total. The lowest BCUT2D eigenvalue weighted by Crippen LogP contribution is -2.25. The van der Waals surface area contributed by atoms with Crippen LogP contribution in [0.25, 0.3) is 0 Å². The van der Waals surface area contributed by atoms with Gasteiger partial charge < -0.3 is 20.4 Å². The number of aliphatic hydroxyl groups is 1. The number of carboxylic acids is 1. The number of pyridine rings is 1. The smallest absolute Gasteiger partial charge is 0.339 e. The Kier molecular flexibility index (Phi) is 8.32. The highest BCUT2D eigenvalue weighted by Gasteiger charge is 2.18. The van der Waals surface area contributed by atoms with Crippen molar-refractivity contribution in [3.8, 4) is 0 Å². The Bertz CT molecular complexity index is 843. The maximum absolute atomic E-state index is 13.8. The van der Waals surface area contributed by atoms with Gasteiger partial charge in [0.25, 0.3) is 5.56 Å². The molecule has 142 valence electrons. The number of hydrogen-bond donors (Lipinski definition) is 4. The van der Waals surface area contributed by atoms with Crippen LogP contribution in [0.5, 0.6) is 0 Å². The number of hydrogen-bond acceptors (Lipinski definition) is 6. The normalized spacial score (nSPS) is 10.1. The Labute approximate surface area is 154 Å². The van der Waals surface area contributed by atoms with E-state index in [1.165, 1.54) is 25.2 Å². The molecule has 5 N–H and O–H groups in total. The van der Waals surface area contributed by atoms with Crippen molar-refractivity contribution >= 4 is 33.4 Å². The number of nitrogens with zero attached hydrogens (tertiary/aromatic N) is 1. The Morgan fingerprint density at radius 2 is 2.00 bits per heavy atom. The lowest BCUT2D eigenvalue weighted by atomic mass is 10.2. The predicted molar refractivity (Wildman–Crippen MR) is 93.2 cm³/mol. The van der Waals surface area contributed by atoms with Crippen molar-refractivity contribution in [2.45, 2.75) is 0 Å². The number of aromatic nitrogens is 1. The largest absolute Gasteiger partial charge is 0.478 e. The first kappa shape index (κ1) is 21.7. The standard InChI is InChI=1S/C13H9BrF2N2O3.C2H7NO2/c1-18-11(7(13(20)21)5-9(16)12(18)19)17-10-3-2-6(14)4-8(10)15;3-5-2-1-4/h2-5,17H,1H3,(H,20,21);4H,1-3H2. The Hall–Kier alpha value is -2.34. The van der Waals surface area contributed by atoms with Crippen LogP contribution in [0.1, 0.15) is 10.4 Å². The molecule has 0 aliphatic rings. The van der Waals surface area contributed by atoms with Gasteiger partial charge in [-0.15, -0.1) is 0 Å². The number of nitrogens with two attached hydrogens (primary N) is 1. The highest BCUT2D eigenvalue weighted by atomic mass is 79.9. The fourth-order valence-electron chi connectivity index (χ4n) is 1.78. The van der Waals surface area contributed by atoms with E-state index in [4.69, 9.17) is 10.2 Å². The van der Waals surface area contributed by atoms with Crippen molar-refractivity contribution in [3.63, 3.8) is 0 Å². The topological polar surface area (TPSA) is 127 Å². The van der Waals surface area contributed by atoms with Gasteiger partial charge >= 0.3 is 5.97 Å². The third kappa shape index (κ3) is 5.59. The zero-order chi connectivity index (χ0) is 19.9. The molecule has 11 heteroatoms. The number of carboxylic acid groups (broad SMARTS) is 1. The lowest BCUT2D eigenvalue weighted by Gasteiger charge is -2.14. The molecule has 0 aliphatic heterocycles. The molecule has 1 heterocycles. The predicted octanol–water partition coefficient (Wildman–Crippen LogP) is 1.74. The Morgan fingerprint density at radius 3 is 2.46 bits per heavy atom. The first-order valence-corrected chi connectivity index (χ1v) is 7.79. The average molecular weight is 436 g/mol. The molecular weight excluding hydrogens is 420 g/mol. The van der Waals surface area contributed by atoms with Gasteiger partial charge in [0.15, 0.2) is 5.82 Å². The minimum Gasteiger partial charge on any atom is -0.478 e. The van der Waals surface area contributed by atoms with Gasteiger partial charge in [-0.25, -0.2) is 19.5 Å². The monoisotopic (exact) mass is 435 g/mol. The fraction of sp³-hybridized carbons (Fsp3) is 0.200. The van der Waals surface area contributed by atoms with Crippen molar-refractivity contribution in [2.24, 2.45) is 12.9 Å². The summed E-state index contributed by atoms with van der Waals surface area (Å²) < 4.78 is 28.4. The molecular formula is C15H16BrF2N3O5. The van der Waals surface area contributed by atoms with E-state index in [0.717, 1.165) is 4.57 Å². The Morgan fingerprint density at radius 1 is 1.35 bits per heavy atom. The van der Waals surface area contributed by atoms with Gasteiger partial charge in [-0.3, -0.25) is 9.36 Å². The van der Waals surface area contributed by atoms with E-state index >= 15 is 0 Å². The molecule has 0 aliphatic carbocycles. The molecule has 0 bridgehead atoms. The van der Waals surface area contributed by atoms with Crippen LogP contribution < -0.4 is 16.8 Å². The molecule has 1 aromatic carbocycles. The van der Waals surface area contributed by atoms with E-state index < -0.39 is 28.7 Å². The second kappa shape index (κ2) is 9.97. The molecule has 2 aromatic rings. The molecule has 0 saturated heterocycles. The summed E-state index contributed by atoms with van der Waals surface area (Å²) in [4.78, 5) is 26.6. The fourth-order valence-corrected chi connectivity index (χ4v) is 2.12. The van der Waals surface area contributed by atoms with Crippen LogP contribution in [-0.2, 0) is 11.9 Å². The van der Waals surface area contributed by atoms with Crippen LogP contribution in [-0.4, -0.2) is 34.0 Å². The summed E-state index contributed by atoms with van der Waals surface area (Å²) in [5.41, 5.74) is -1.53. The molecule has 0 radical (unpaired) electrons. The van der Waals surface area contributed by atoms with Gasteiger partial charge in [-0.1, -0.05) is 15.9 Å². The van der Waals surface area contributed by atoms with Crippen LogP contribution in [0.15, 0.2) is 33.5 Å². The minimum atomic E-state index is -1.44. The molecule has 1 aromatic heterocycles. The minimum absolute atomic E-state index is 0.00347. The molecule has 0 spiro atoms. The summed E-state index contributed by atoms with van der Waals surface area (Å²) in [6.45, 7) is 0.219. The van der Waals surface area contributed by atoms with Gasteiger partial charge in [-0.05, 0) is 24.3 Å². The SMILES string of the molecule is Cn1c(Nc2ccc(Br)cc2F)c(C(=O)O)cc(F)c1=O.NOCCO. The first-order chi connectivity index (χ1) is 12.2. The van der Waals surface area contributed by atoms with Crippen molar-refractivity contribution in [2.75, 3.05) is 18.5 Å². The summed E-state index contributed by atoms with van der Waals surface area (Å²) in [7, 11) is 1.19. The second-order valence-electron chi connectivity index (χ2n) is 4.77. The molecule has 0 amide bonds. The molecule has 0 saturated carbocycles. The van der Waals surface area contributed by atoms with Crippen LogP contribution >= 0.6 is 15.9 Å². The third-order valence-corrected chi connectivity index (χ3v) is 3.49. The van der Waals surface area contributed by atoms with Crippen molar-refractivity contribution in [1.29, 1.82) is 0 Å². The number of anilines is 2. The Balaban J connectivity index is 0.000000597. The maximum Gasteiger partial charge on any atom is 0.339 e. The number of nitrogens with one attached hydrogen (secondary N) is 1. The summed E-state index contributed by atoms with van der Waals surface area (Å²) in [6, 6.07) is 4.67. The number of benzene rings is 1. The maximum atomic E-state index is 13.8. The zero-order valence-corrected chi connectivity index (χ0v) is 15.1. The van der Waals surface area contributed by atoms with E-state index in [2.05, 4.69) is 32.0 Å². The number of rotatable bonds is 5. The first-order valence-electron chi connectivity index (χ1n) is 7.00. The quantitative estimate of drug-likeness (QED) is 0.526. The summed E-state index contributed by atoms with van der Waals surface area (Å²) in [5, 5.41) is 19.4. The number of carbonyl (C=O) groups is 1. The van der Waals surface area contributed by atoms with Gasteiger partial charge in [0, 0.05) is 11.5 Å². The summed E-state index contributed by atoms with van der Waals surface area (Å²) in [5.74, 6) is 0.973. The van der Waals surface area contributed by atoms with Gasteiger partial charge in [0.2, 0.25) is 0 Å². The van der Waals surface area contributed by atoms with Crippen molar-refractivity contribution in [3.05, 3.63) is 56.3 Å². The van der Waals surface area contributed by atoms with Crippen molar-refractivity contribution < 1.29 is 28.6 Å². The van der Waals surface area contributed by atoms with E-state index in [-0.39, 0.29) is 24.7 Å². The van der Waals surface area contributed by atoms with Gasteiger partial charge in [-0.2, -0.15) is 0 Å². The number of aromatic carboxylic acids is 1. The number of aliphatic hydroxyl groups excluding tert-OH is 1. The van der Waals surface area contributed by atoms with E-state index in [1.807, 2.05) is 0 Å². The molecule has 0 fully saturated rings. The van der Waals surface area contributed by atoms with Crippen LogP contribution in [0.2, 0.25) is 0 Å². The third-order valence-electron chi connectivity index (χ3n) is 2.99. The zero-order valence-electron chi connectivity index (χ0n) is 13.5. The van der Waals surface area contributed by atoms with E-state index in [9.17, 15) is 18.4 Å². The van der Waals surface area contributed by atoms with Crippen LogP contribution in [0.4, 0.5) is 20.3 Å². The van der Waals surface area contributed by atoms with Crippen molar-refractivity contribution in [1.82, 2.24) is 4.57 Å². The van der Waals surface area contributed by atoms with Gasteiger partial charge in [0.1, 0.15) is 17.2 Å². The molecule has 26 heavy (non-hydrogen) atoms. The van der Waals surface area contributed by atoms with E-state index in [1.54, 1.807) is 0 Å². The highest BCUT2D eigenvalue weighted by molar-refractivity contribution is 9.10. The van der Waals surface area contributed by atoms with Crippen LogP contribution in [0, 0.1) is 11.6 Å². The highest BCUT2D eigenvalue weighted by Crippen LogP contribution is 2.24. The van der Waals surface area contributed by atoms with Gasteiger partial charge in [0.05, 0.1) is 18.9 Å².